The molecule has 2 rings (SSSR count). The molecule has 1 unspecified atom stereocenters. The maximum Gasteiger partial charge on any atom is 0.180 e. The number of ether oxygens (including phenoxy) is 2. The van der Waals surface area contributed by atoms with Crippen LogP contribution in [0.25, 0.3) is 0 Å². The zero-order valence-corrected chi connectivity index (χ0v) is 15.7. The molecule has 1 N–H and O–H groups in total. The van der Waals surface area contributed by atoms with Gasteiger partial charge in [0.2, 0.25) is 0 Å². The predicted octanol–water partition coefficient (Wildman–Crippen LogP) is 5.34. The van der Waals surface area contributed by atoms with Crippen molar-refractivity contribution >= 4 is 11.6 Å². The van der Waals surface area contributed by atoms with Crippen LogP contribution in [0.3, 0.4) is 0 Å². The summed E-state index contributed by atoms with van der Waals surface area (Å²) >= 11 is 6.40. The molecule has 0 aliphatic carbocycles. The van der Waals surface area contributed by atoms with Gasteiger partial charge in [0, 0.05) is 18.2 Å². The first kappa shape index (κ1) is 19.5. The minimum Gasteiger partial charge on any atom is -0.490 e. The van der Waals surface area contributed by atoms with Crippen molar-refractivity contribution in [1.82, 2.24) is 5.32 Å². The molecule has 0 saturated carbocycles. The van der Waals surface area contributed by atoms with Gasteiger partial charge < -0.3 is 14.8 Å². The highest BCUT2D eigenvalue weighted by atomic mass is 35.5. The van der Waals surface area contributed by atoms with Crippen LogP contribution in [0.4, 0.5) is 4.39 Å². The molecule has 0 aliphatic heterocycles. The second kappa shape index (κ2) is 9.64. The molecule has 25 heavy (non-hydrogen) atoms. The van der Waals surface area contributed by atoms with Crippen LogP contribution in [0.1, 0.15) is 38.3 Å². The van der Waals surface area contributed by atoms with E-state index in [0.29, 0.717) is 41.3 Å². The van der Waals surface area contributed by atoms with Gasteiger partial charge in [0.25, 0.3) is 0 Å². The van der Waals surface area contributed by atoms with Crippen molar-refractivity contribution in [2.45, 2.75) is 46.4 Å². The molecule has 0 saturated heterocycles. The molecule has 0 aromatic heterocycles. The van der Waals surface area contributed by atoms with E-state index in [0.717, 1.165) is 12.0 Å². The van der Waals surface area contributed by atoms with E-state index in [1.165, 1.54) is 6.07 Å². The SMILES string of the molecule is CCOc1cc(CNC(C)CC)cc(Cl)c1OCc1ccccc1F. The molecule has 2 aromatic carbocycles. The summed E-state index contributed by atoms with van der Waals surface area (Å²) in [7, 11) is 0. The van der Waals surface area contributed by atoms with E-state index in [1.54, 1.807) is 18.2 Å². The first-order valence-electron chi connectivity index (χ1n) is 8.59. The van der Waals surface area contributed by atoms with Crippen LogP contribution in [0.2, 0.25) is 5.02 Å². The summed E-state index contributed by atoms with van der Waals surface area (Å²) < 4.78 is 25.2. The Bertz CT molecular complexity index is 693. The van der Waals surface area contributed by atoms with E-state index in [1.807, 2.05) is 19.1 Å². The van der Waals surface area contributed by atoms with Crippen LogP contribution in [-0.4, -0.2) is 12.6 Å². The average molecular weight is 366 g/mol. The Morgan fingerprint density at radius 3 is 2.60 bits per heavy atom. The number of hydrogen-bond donors (Lipinski definition) is 1. The largest absolute Gasteiger partial charge is 0.490 e. The summed E-state index contributed by atoms with van der Waals surface area (Å²) in [5.41, 5.74) is 1.50. The van der Waals surface area contributed by atoms with Crippen LogP contribution in [-0.2, 0) is 13.2 Å². The zero-order valence-electron chi connectivity index (χ0n) is 14.9. The van der Waals surface area contributed by atoms with Crippen LogP contribution in [0.15, 0.2) is 36.4 Å². The molecular formula is C20H25ClFNO2. The Morgan fingerprint density at radius 1 is 1.16 bits per heavy atom. The second-order valence-electron chi connectivity index (χ2n) is 5.91. The molecule has 3 nitrogen and oxygen atoms in total. The predicted molar refractivity (Wildman–Crippen MR) is 99.9 cm³/mol. The molecule has 0 aliphatic rings. The molecule has 0 fully saturated rings. The van der Waals surface area contributed by atoms with Crippen molar-refractivity contribution < 1.29 is 13.9 Å². The summed E-state index contributed by atoms with van der Waals surface area (Å²) in [5.74, 6) is 0.720. The fourth-order valence-corrected chi connectivity index (χ4v) is 2.62. The first-order chi connectivity index (χ1) is 12.0. The van der Waals surface area contributed by atoms with E-state index in [-0.39, 0.29) is 12.4 Å². The lowest BCUT2D eigenvalue weighted by Gasteiger charge is -2.17. The number of benzene rings is 2. The Kier molecular flexibility index (Phi) is 7.53. The summed E-state index contributed by atoms with van der Waals surface area (Å²) in [5, 5.41) is 3.89. The number of rotatable bonds is 9. The van der Waals surface area contributed by atoms with Crippen molar-refractivity contribution in [1.29, 1.82) is 0 Å². The fourth-order valence-electron chi connectivity index (χ4n) is 2.33. The standard InChI is InChI=1S/C20H25ClFNO2/c1-4-14(3)23-12-15-10-17(21)20(19(11-15)24-5-2)25-13-16-8-6-7-9-18(16)22/h6-11,14,23H,4-5,12-13H2,1-3H3. The van der Waals surface area contributed by atoms with E-state index in [4.69, 9.17) is 21.1 Å². The van der Waals surface area contributed by atoms with Crippen molar-refractivity contribution in [3.8, 4) is 11.5 Å². The maximum atomic E-state index is 13.8. The van der Waals surface area contributed by atoms with Gasteiger partial charge in [-0.3, -0.25) is 0 Å². The molecule has 0 bridgehead atoms. The summed E-state index contributed by atoms with van der Waals surface area (Å²) in [6.45, 7) is 7.46. The fraction of sp³-hybridized carbons (Fsp3) is 0.400. The summed E-state index contributed by atoms with van der Waals surface area (Å²) in [4.78, 5) is 0. The molecule has 0 amide bonds. The van der Waals surface area contributed by atoms with Crippen molar-refractivity contribution in [2.75, 3.05) is 6.61 Å². The van der Waals surface area contributed by atoms with Gasteiger partial charge in [-0.1, -0.05) is 36.7 Å². The third-order valence-corrected chi connectivity index (χ3v) is 4.25. The number of nitrogens with one attached hydrogen (secondary N) is 1. The maximum absolute atomic E-state index is 13.8. The topological polar surface area (TPSA) is 30.5 Å². The Labute approximate surface area is 154 Å². The summed E-state index contributed by atoms with van der Waals surface area (Å²) in [6, 6.07) is 10.7. The van der Waals surface area contributed by atoms with Gasteiger partial charge in [0.05, 0.1) is 11.6 Å². The van der Waals surface area contributed by atoms with Crippen LogP contribution < -0.4 is 14.8 Å². The van der Waals surface area contributed by atoms with Crippen molar-refractivity contribution in [2.24, 2.45) is 0 Å². The highest BCUT2D eigenvalue weighted by Gasteiger charge is 2.14. The molecule has 136 valence electrons. The third kappa shape index (κ3) is 5.62. The van der Waals surface area contributed by atoms with Crippen LogP contribution >= 0.6 is 11.6 Å². The van der Waals surface area contributed by atoms with Gasteiger partial charge in [0.15, 0.2) is 11.5 Å². The lowest BCUT2D eigenvalue weighted by molar-refractivity contribution is 0.265. The quantitative estimate of drug-likeness (QED) is 0.650. The van der Waals surface area contributed by atoms with E-state index in [2.05, 4.69) is 19.2 Å². The van der Waals surface area contributed by atoms with Crippen LogP contribution in [0, 0.1) is 5.82 Å². The number of halogens is 2. The molecule has 2 aromatic rings. The van der Waals surface area contributed by atoms with Crippen molar-refractivity contribution in [3.05, 3.63) is 58.4 Å². The van der Waals surface area contributed by atoms with Crippen LogP contribution in [0.5, 0.6) is 11.5 Å². The lowest BCUT2D eigenvalue weighted by atomic mass is 10.1. The number of hydrogen-bond acceptors (Lipinski definition) is 3. The van der Waals surface area contributed by atoms with E-state index in [9.17, 15) is 4.39 Å². The molecule has 0 heterocycles. The van der Waals surface area contributed by atoms with Crippen molar-refractivity contribution in [3.63, 3.8) is 0 Å². The second-order valence-corrected chi connectivity index (χ2v) is 6.32. The Balaban J connectivity index is 2.17. The molecular weight excluding hydrogens is 341 g/mol. The highest BCUT2D eigenvalue weighted by molar-refractivity contribution is 6.32. The minimum atomic E-state index is -0.300. The average Bonchev–Trinajstić information content (AvgIpc) is 2.60. The Hall–Kier alpha value is -1.78. The van der Waals surface area contributed by atoms with Gasteiger partial charge in [-0.2, -0.15) is 0 Å². The van der Waals surface area contributed by atoms with E-state index >= 15 is 0 Å². The third-order valence-electron chi connectivity index (χ3n) is 3.97. The van der Waals surface area contributed by atoms with Gasteiger partial charge in [-0.15, -0.1) is 0 Å². The van der Waals surface area contributed by atoms with Gasteiger partial charge >= 0.3 is 0 Å². The summed E-state index contributed by atoms with van der Waals surface area (Å²) in [6.07, 6.45) is 1.05. The molecule has 1 atom stereocenters. The van der Waals surface area contributed by atoms with Gasteiger partial charge in [-0.05, 0) is 44.0 Å². The normalized spacial score (nSPS) is 12.0. The highest BCUT2D eigenvalue weighted by Crippen LogP contribution is 2.37. The smallest absolute Gasteiger partial charge is 0.180 e. The Morgan fingerprint density at radius 2 is 1.92 bits per heavy atom. The van der Waals surface area contributed by atoms with Gasteiger partial charge in [0.1, 0.15) is 12.4 Å². The minimum absolute atomic E-state index is 0.0942. The molecule has 0 spiro atoms. The zero-order chi connectivity index (χ0) is 18.2. The first-order valence-corrected chi connectivity index (χ1v) is 8.97. The van der Waals surface area contributed by atoms with E-state index < -0.39 is 0 Å². The molecule has 5 heteroatoms. The lowest BCUT2D eigenvalue weighted by Crippen LogP contribution is -2.24. The van der Waals surface area contributed by atoms with Gasteiger partial charge in [-0.25, -0.2) is 4.39 Å². The monoisotopic (exact) mass is 365 g/mol. The molecule has 0 radical (unpaired) electrons.